The number of likely N-dealkylation sites (N-methyl/N-ethyl adjacent to an activating group) is 1. The maximum atomic E-state index is 12.2. The fourth-order valence-corrected chi connectivity index (χ4v) is 2.60. The molecule has 2 heterocycles. The van der Waals surface area contributed by atoms with Crippen LogP contribution in [0.25, 0.3) is 0 Å². The third-order valence-electron chi connectivity index (χ3n) is 3.15. The van der Waals surface area contributed by atoms with Gasteiger partial charge in [0.05, 0.1) is 0 Å². The Morgan fingerprint density at radius 1 is 1.50 bits per heavy atom. The second-order valence-electron chi connectivity index (χ2n) is 4.42. The predicted molar refractivity (Wildman–Crippen MR) is 67.1 cm³/mol. The number of carboxylic acid groups (broad SMARTS) is 1. The van der Waals surface area contributed by atoms with E-state index in [1.165, 1.54) is 5.38 Å². The van der Waals surface area contributed by atoms with Crippen molar-refractivity contribution in [1.29, 1.82) is 0 Å². The van der Waals surface area contributed by atoms with Gasteiger partial charge in [0.1, 0.15) is 0 Å². The van der Waals surface area contributed by atoms with E-state index in [1.807, 2.05) is 7.05 Å². The van der Waals surface area contributed by atoms with E-state index in [1.54, 1.807) is 4.90 Å². The lowest BCUT2D eigenvalue weighted by Crippen LogP contribution is -2.52. The summed E-state index contributed by atoms with van der Waals surface area (Å²) in [5.74, 6) is -1.27. The van der Waals surface area contributed by atoms with Gasteiger partial charge in [-0.1, -0.05) is 0 Å². The van der Waals surface area contributed by atoms with Crippen molar-refractivity contribution in [3.05, 3.63) is 16.1 Å². The van der Waals surface area contributed by atoms with Crippen molar-refractivity contribution < 1.29 is 14.7 Å². The highest BCUT2D eigenvalue weighted by atomic mass is 32.1. The average Bonchev–Trinajstić information content (AvgIpc) is 2.81. The van der Waals surface area contributed by atoms with Crippen molar-refractivity contribution in [2.45, 2.75) is 13.0 Å². The second kappa shape index (κ2) is 5.03. The van der Waals surface area contributed by atoms with Crippen LogP contribution in [0.3, 0.4) is 0 Å². The molecule has 1 atom stereocenters. The van der Waals surface area contributed by atoms with E-state index in [4.69, 9.17) is 5.11 Å². The highest BCUT2D eigenvalue weighted by molar-refractivity contribution is 7.11. The zero-order valence-corrected chi connectivity index (χ0v) is 11.1. The van der Waals surface area contributed by atoms with Gasteiger partial charge in [0.2, 0.25) is 0 Å². The molecule has 98 valence electrons. The molecular weight excluding hydrogens is 254 g/mol. The van der Waals surface area contributed by atoms with E-state index in [9.17, 15) is 9.59 Å². The zero-order chi connectivity index (χ0) is 13.3. The lowest BCUT2D eigenvalue weighted by Gasteiger charge is -2.37. The van der Waals surface area contributed by atoms with Crippen LogP contribution in [0.5, 0.6) is 0 Å². The molecular formula is C11H15N3O3S. The summed E-state index contributed by atoms with van der Waals surface area (Å²) in [7, 11) is 2.03. The molecule has 1 aliphatic heterocycles. The van der Waals surface area contributed by atoms with Gasteiger partial charge >= 0.3 is 5.97 Å². The number of aromatic carboxylic acids is 1. The van der Waals surface area contributed by atoms with Crippen LogP contribution in [-0.4, -0.2) is 64.5 Å². The number of carbonyl (C=O) groups is 2. The van der Waals surface area contributed by atoms with Crippen molar-refractivity contribution in [2.75, 3.05) is 26.7 Å². The Morgan fingerprint density at radius 2 is 2.22 bits per heavy atom. The molecule has 1 aromatic rings. The molecule has 0 saturated carbocycles. The summed E-state index contributed by atoms with van der Waals surface area (Å²) in [5, 5.41) is 10.4. The third kappa shape index (κ3) is 2.51. The molecule has 6 nitrogen and oxygen atoms in total. The number of rotatable bonds is 2. The van der Waals surface area contributed by atoms with Crippen molar-refractivity contribution in [1.82, 2.24) is 14.8 Å². The maximum Gasteiger partial charge on any atom is 0.355 e. The van der Waals surface area contributed by atoms with Gasteiger partial charge in [0.15, 0.2) is 10.7 Å². The third-order valence-corrected chi connectivity index (χ3v) is 3.98. The fourth-order valence-electron chi connectivity index (χ4n) is 1.84. The van der Waals surface area contributed by atoms with E-state index in [0.717, 1.165) is 17.9 Å². The molecule has 1 N–H and O–H groups in total. The topological polar surface area (TPSA) is 73.7 Å². The predicted octanol–water partition coefficient (Wildman–Crippen LogP) is 0.617. The van der Waals surface area contributed by atoms with Gasteiger partial charge in [0, 0.05) is 31.1 Å². The fraction of sp³-hybridized carbons (Fsp3) is 0.545. The number of carboxylic acids is 1. The quantitative estimate of drug-likeness (QED) is 0.852. The molecule has 0 aromatic carbocycles. The lowest BCUT2D eigenvalue weighted by atomic mass is 10.2. The first-order valence-corrected chi connectivity index (χ1v) is 6.55. The molecule has 1 amide bonds. The Labute approximate surface area is 109 Å². The molecule has 2 rings (SSSR count). The van der Waals surface area contributed by atoms with Crippen molar-refractivity contribution in [3.63, 3.8) is 0 Å². The van der Waals surface area contributed by atoms with Crippen LogP contribution in [0.15, 0.2) is 5.38 Å². The summed E-state index contributed by atoms with van der Waals surface area (Å²) in [6, 6.07) is 0.307. The van der Waals surface area contributed by atoms with E-state index >= 15 is 0 Å². The minimum Gasteiger partial charge on any atom is -0.476 e. The molecule has 0 bridgehead atoms. The molecule has 1 aliphatic rings. The van der Waals surface area contributed by atoms with Crippen LogP contribution in [-0.2, 0) is 0 Å². The Bertz CT molecular complexity index is 474. The number of hydrogen-bond acceptors (Lipinski definition) is 5. The van der Waals surface area contributed by atoms with Crippen LogP contribution >= 0.6 is 11.3 Å². The Morgan fingerprint density at radius 3 is 2.78 bits per heavy atom. The number of aromatic nitrogens is 1. The molecule has 7 heteroatoms. The Kier molecular flexibility index (Phi) is 3.63. The van der Waals surface area contributed by atoms with Gasteiger partial charge in [-0.3, -0.25) is 4.79 Å². The standard InChI is InChI=1S/C11H15N3O3S/c1-7-5-14(4-3-13(7)2)10(15)9-12-8(6-18-9)11(16)17/h6-7H,3-5H2,1-2H3,(H,16,17). The summed E-state index contributed by atoms with van der Waals surface area (Å²) in [5.41, 5.74) is -0.0643. The van der Waals surface area contributed by atoms with Crippen LogP contribution in [0.2, 0.25) is 0 Å². The number of amides is 1. The van der Waals surface area contributed by atoms with Crippen LogP contribution in [0.4, 0.5) is 0 Å². The normalized spacial score (nSPS) is 21.0. The maximum absolute atomic E-state index is 12.2. The first-order valence-electron chi connectivity index (χ1n) is 5.67. The number of thiazole rings is 1. The second-order valence-corrected chi connectivity index (χ2v) is 5.28. The first kappa shape index (κ1) is 13.0. The average molecular weight is 269 g/mol. The highest BCUT2D eigenvalue weighted by Crippen LogP contribution is 2.15. The van der Waals surface area contributed by atoms with Crippen molar-refractivity contribution in [3.8, 4) is 0 Å². The van der Waals surface area contributed by atoms with Crippen LogP contribution in [0.1, 0.15) is 27.2 Å². The van der Waals surface area contributed by atoms with Gasteiger partial charge in [0.25, 0.3) is 5.91 Å². The first-order chi connectivity index (χ1) is 8.49. The summed E-state index contributed by atoms with van der Waals surface area (Å²) < 4.78 is 0. The smallest absolute Gasteiger partial charge is 0.355 e. The minimum absolute atomic E-state index is 0.0643. The zero-order valence-electron chi connectivity index (χ0n) is 10.3. The Hall–Kier alpha value is -1.47. The van der Waals surface area contributed by atoms with Crippen molar-refractivity contribution in [2.24, 2.45) is 0 Å². The van der Waals surface area contributed by atoms with Gasteiger partial charge in [-0.15, -0.1) is 11.3 Å². The SMILES string of the molecule is CC1CN(C(=O)c2nc(C(=O)O)cs2)CCN1C. The molecule has 1 saturated heterocycles. The van der Waals surface area contributed by atoms with Crippen LogP contribution < -0.4 is 0 Å². The van der Waals surface area contributed by atoms with E-state index in [2.05, 4.69) is 16.8 Å². The summed E-state index contributed by atoms with van der Waals surface area (Å²) in [6.07, 6.45) is 0. The molecule has 1 aromatic heterocycles. The monoisotopic (exact) mass is 269 g/mol. The van der Waals surface area contributed by atoms with Crippen molar-refractivity contribution >= 4 is 23.2 Å². The molecule has 0 aliphatic carbocycles. The summed E-state index contributed by atoms with van der Waals surface area (Å²) in [4.78, 5) is 30.6. The Balaban J connectivity index is 2.09. The molecule has 0 spiro atoms. The van der Waals surface area contributed by atoms with E-state index < -0.39 is 5.97 Å². The highest BCUT2D eigenvalue weighted by Gasteiger charge is 2.27. The summed E-state index contributed by atoms with van der Waals surface area (Å²) in [6.45, 7) is 4.19. The largest absolute Gasteiger partial charge is 0.476 e. The van der Waals surface area contributed by atoms with Gasteiger partial charge in [-0.05, 0) is 14.0 Å². The molecule has 18 heavy (non-hydrogen) atoms. The molecule has 1 fully saturated rings. The van der Waals surface area contributed by atoms with E-state index in [0.29, 0.717) is 19.1 Å². The number of hydrogen-bond donors (Lipinski definition) is 1. The molecule has 1 unspecified atom stereocenters. The lowest BCUT2D eigenvalue weighted by molar-refractivity contribution is 0.0572. The van der Waals surface area contributed by atoms with Gasteiger partial charge < -0.3 is 14.9 Å². The number of nitrogens with zero attached hydrogens (tertiary/aromatic N) is 3. The van der Waals surface area contributed by atoms with E-state index in [-0.39, 0.29) is 16.6 Å². The van der Waals surface area contributed by atoms with Crippen LogP contribution in [0, 0.1) is 0 Å². The number of carbonyl (C=O) groups excluding carboxylic acids is 1. The minimum atomic E-state index is -1.10. The van der Waals surface area contributed by atoms with Gasteiger partial charge in [-0.2, -0.15) is 0 Å². The summed E-state index contributed by atoms with van der Waals surface area (Å²) >= 11 is 1.08. The number of piperazine rings is 1. The molecule has 0 radical (unpaired) electrons. The van der Waals surface area contributed by atoms with Gasteiger partial charge in [-0.25, -0.2) is 9.78 Å².